The normalized spacial score (nSPS) is 19.6. The molecular formula is C34H39ClN6. The number of aromatic amines is 1. The molecule has 3 aromatic heterocycles. The highest BCUT2D eigenvalue weighted by atomic mass is 35.5. The van der Waals surface area contributed by atoms with E-state index in [4.69, 9.17) is 17.3 Å². The zero-order valence-corrected chi connectivity index (χ0v) is 25.2. The summed E-state index contributed by atoms with van der Waals surface area (Å²) in [6.07, 6.45) is 8.91. The minimum atomic E-state index is 0.366. The molecule has 0 spiro atoms. The third-order valence-corrected chi connectivity index (χ3v) is 9.43. The van der Waals surface area contributed by atoms with Crippen LogP contribution in [0.1, 0.15) is 60.3 Å². The van der Waals surface area contributed by atoms with E-state index in [0.29, 0.717) is 17.1 Å². The van der Waals surface area contributed by atoms with E-state index in [2.05, 4.69) is 76.2 Å². The minimum absolute atomic E-state index is 0.366. The summed E-state index contributed by atoms with van der Waals surface area (Å²) in [6, 6.07) is 17.3. The lowest BCUT2D eigenvalue weighted by Crippen LogP contribution is -2.18. The Kier molecular flexibility index (Phi) is 7.73. The summed E-state index contributed by atoms with van der Waals surface area (Å²) in [5, 5.41) is 3.40. The van der Waals surface area contributed by atoms with E-state index in [1.165, 1.54) is 58.7 Å². The molecule has 7 heteroatoms. The van der Waals surface area contributed by atoms with E-state index in [1.807, 2.05) is 37.4 Å². The van der Waals surface area contributed by atoms with E-state index in [-0.39, 0.29) is 0 Å². The monoisotopic (exact) mass is 566 g/mol. The number of para-hydroxylation sites is 2. The van der Waals surface area contributed by atoms with Gasteiger partial charge in [0.2, 0.25) is 0 Å². The summed E-state index contributed by atoms with van der Waals surface area (Å²) in [6.45, 7) is 6.31. The van der Waals surface area contributed by atoms with Gasteiger partial charge in [0, 0.05) is 57.6 Å². The lowest BCUT2D eigenvalue weighted by molar-refractivity contribution is 0.317. The Hall–Kier alpha value is -3.45. The van der Waals surface area contributed by atoms with Crippen molar-refractivity contribution in [2.75, 3.05) is 32.9 Å². The smallest absolute Gasteiger partial charge is 0.0701 e. The molecule has 5 heterocycles. The SMILES string of the molecule is Cc1ncc([C@@H]2CCCN2C)c(-c2ccccc2N)c1Cl.Cc1ncc([C@@H]2CCCN2C)c2c1[nH]c1ccccc12. The van der Waals surface area contributed by atoms with Gasteiger partial charge >= 0.3 is 0 Å². The average Bonchev–Trinajstić information content (AvgIpc) is 3.70. The van der Waals surface area contributed by atoms with Crippen LogP contribution in [0.3, 0.4) is 0 Å². The maximum atomic E-state index is 6.59. The number of fused-ring (bicyclic) bond motifs is 3. The second kappa shape index (κ2) is 11.4. The van der Waals surface area contributed by atoms with Crippen LogP contribution in [0.4, 0.5) is 5.69 Å². The summed E-state index contributed by atoms with van der Waals surface area (Å²) >= 11 is 6.59. The quantitative estimate of drug-likeness (QED) is 0.217. The number of nitrogens with one attached hydrogen (secondary N) is 1. The van der Waals surface area contributed by atoms with Crippen LogP contribution in [0, 0.1) is 13.8 Å². The van der Waals surface area contributed by atoms with Crippen molar-refractivity contribution in [3.63, 3.8) is 0 Å². The number of halogens is 1. The van der Waals surface area contributed by atoms with Gasteiger partial charge < -0.3 is 10.7 Å². The molecular weight excluding hydrogens is 528 g/mol. The summed E-state index contributed by atoms with van der Waals surface area (Å²) in [4.78, 5) is 17.5. The fraction of sp³-hybridized carbons (Fsp3) is 0.353. The molecule has 0 radical (unpaired) electrons. The van der Waals surface area contributed by atoms with Crippen molar-refractivity contribution in [2.45, 2.75) is 51.6 Å². The van der Waals surface area contributed by atoms with Crippen molar-refractivity contribution < 1.29 is 0 Å². The molecule has 2 aliphatic rings. The number of anilines is 1. The van der Waals surface area contributed by atoms with E-state index in [9.17, 15) is 0 Å². The molecule has 2 saturated heterocycles. The first-order chi connectivity index (χ1) is 19.8. The summed E-state index contributed by atoms with van der Waals surface area (Å²) < 4.78 is 0. The Morgan fingerprint density at radius 1 is 0.829 bits per heavy atom. The van der Waals surface area contributed by atoms with E-state index in [0.717, 1.165) is 41.2 Å². The number of nitrogen functional groups attached to an aromatic ring is 1. The number of hydrogen-bond donors (Lipinski definition) is 2. The maximum Gasteiger partial charge on any atom is 0.0701 e. The van der Waals surface area contributed by atoms with Crippen LogP contribution in [0.5, 0.6) is 0 Å². The Balaban J connectivity index is 0.000000148. The molecule has 0 bridgehead atoms. The van der Waals surface area contributed by atoms with Crippen LogP contribution >= 0.6 is 11.6 Å². The lowest BCUT2D eigenvalue weighted by atomic mass is 9.93. The third-order valence-electron chi connectivity index (χ3n) is 8.97. The molecule has 0 saturated carbocycles. The van der Waals surface area contributed by atoms with Crippen molar-refractivity contribution in [3.05, 3.63) is 88.5 Å². The molecule has 2 fully saturated rings. The first-order valence-corrected chi connectivity index (χ1v) is 15.0. The molecule has 0 unspecified atom stereocenters. The van der Waals surface area contributed by atoms with Gasteiger partial charge in [-0.25, -0.2) is 0 Å². The van der Waals surface area contributed by atoms with Gasteiger partial charge in [0.25, 0.3) is 0 Å². The van der Waals surface area contributed by atoms with Crippen molar-refractivity contribution in [2.24, 2.45) is 0 Å². The molecule has 2 aliphatic heterocycles. The standard InChI is InChI=1S/C17H20ClN3.C17H19N3/c1-11-17(18)16(12-6-3-4-7-14(12)19)13(10-20-11)15-8-5-9-21(15)2;1-11-17-16(12-6-3-4-7-14(12)19-17)13(10-18-11)15-8-5-9-20(15)2/h3-4,6-7,10,15H,5,8-9,19H2,1-2H3;3-4,6-7,10,15,19H,5,8-9H2,1-2H3/t2*15-/m00/s1. The zero-order valence-electron chi connectivity index (χ0n) is 24.4. The fourth-order valence-electron chi connectivity index (χ4n) is 6.71. The highest BCUT2D eigenvalue weighted by molar-refractivity contribution is 6.34. The Labute approximate surface area is 247 Å². The minimum Gasteiger partial charge on any atom is -0.398 e. The first kappa shape index (κ1) is 27.7. The molecule has 2 atom stereocenters. The second-order valence-corrected chi connectivity index (χ2v) is 11.9. The topological polar surface area (TPSA) is 74.1 Å². The van der Waals surface area contributed by atoms with Crippen molar-refractivity contribution in [3.8, 4) is 11.1 Å². The van der Waals surface area contributed by atoms with Gasteiger partial charge in [0.15, 0.2) is 0 Å². The Morgan fingerprint density at radius 3 is 2.12 bits per heavy atom. The maximum absolute atomic E-state index is 6.59. The Morgan fingerprint density at radius 2 is 1.44 bits per heavy atom. The highest BCUT2D eigenvalue weighted by Crippen LogP contribution is 2.43. The zero-order chi connectivity index (χ0) is 28.7. The summed E-state index contributed by atoms with van der Waals surface area (Å²) in [5.74, 6) is 0. The van der Waals surface area contributed by atoms with Crippen molar-refractivity contribution >= 4 is 39.1 Å². The van der Waals surface area contributed by atoms with Gasteiger partial charge in [-0.2, -0.15) is 0 Å². The molecule has 0 amide bonds. The van der Waals surface area contributed by atoms with Crippen molar-refractivity contribution in [1.82, 2.24) is 24.8 Å². The number of benzene rings is 2. The summed E-state index contributed by atoms with van der Waals surface area (Å²) in [7, 11) is 4.38. The number of pyridine rings is 2. The van der Waals surface area contributed by atoms with Gasteiger partial charge in [-0.1, -0.05) is 48.0 Å². The van der Waals surface area contributed by atoms with Crippen LogP contribution in [-0.2, 0) is 0 Å². The van der Waals surface area contributed by atoms with Crippen LogP contribution in [-0.4, -0.2) is 51.9 Å². The molecule has 6 nitrogen and oxygen atoms in total. The largest absolute Gasteiger partial charge is 0.398 e. The van der Waals surface area contributed by atoms with E-state index >= 15 is 0 Å². The molecule has 41 heavy (non-hydrogen) atoms. The van der Waals surface area contributed by atoms with Crippen LogP contribution < -0.4 is 5.73 Å². The van der Waals surface area contributed by atoms with Gasteiger partial charge in [-0.15, -0.1) is 0 Å². The van der Waals surface area contributed by atoms with Crippen LogP contribution in [0.15, 0.2) is 60.9 Å². The number of rotatable bonds is 3. The Bertz CT molecular complexity index is 1710. The predicted molar refractivity (Wildman–Crippen MR) is 171 cm³/mol. The molecule has 2 aromatic carbocycles. The molecule has 5 aromatic rings. The van der Waals surface area contributed by atoms with E-state index < -0.39 is 0 Å². The number of H-pyrrole nitrogens is 1. The second-order valence-electron chi connectivity index (χ2n) is 11.6. The first-order valence-electron chi connectivity index (χ1n) is 14.6. The number of aromatic nitrogens is 3. The van der Waals surface area contributed by atoms with Crippen LogP contribution in [0.25, 0.3) is 32.9 Å². The number of likely N-dealkylation sites (tertiary alicyclic amines) is 2. The predicted octanol–water partition coefficient (Wildman–Crippen LogP) is 7.85. The lowest BCUT2D eigenvalue weighted by Gasteiger charge is -2.24. The van der Waals surface area contributed by atoms with Gasteiger partial charge in [-0.05, 0) is 90.0 Å². The van der Waals surface area contributed by atoms with Gasteiger partial charge in [0.05, 0.1) is 21.9 Å². The number of hydrogen-bond acceptors (Lipinski definition) is 5. The van der Waals surface area contributed by atoms with Gasteiger partial charge in [0.1, 0.15) is 0 Å². The van der Waals surface area contributed by atoms with Crippen molar-refractivity contribution in [1.29, 1.82) is 0 Å². The van der Waals surface area contributed by atoms with E-state index in [1.54, 1.807) is 0 Å². The summed E-state index contributed by atoms with van der Waals surface area (Å²) in [5.41, 5.74) is 15.9. The third kappa shape index (κ3) is 5.09. The highest BCUT2D eigenvalue weighted by Gasteiger charge is 2.28. The molecule has 3 N–H and O–H groups in total. The number of nitrogens with two attached hydrogens (primary N) is 1. The molecule has 7 rings (SSSR count). The number of aryl methyl sites for hydroxylation is 2. The van der Waals surface area contributed by atoms with Crippen LogP contribution in [0.2, 0.25) is 5.02 Å². The molecule has 0 aliphatic carbocycles. The fourth-order valence-corrected chi connectivity index (χ4v) is 6.97. The van der Waals surface area contributed by atoms with Gasteiger partial charge in [-0.3, -0.25) is 19.8 Å². The average molecular weight is 567 g/mol. The number of nitrogens with zero attached hydrogens (tertiary/aromatic N) is 4. The molecule has 212 valence electrons.